The molecule has 2 heterocycles. The first-order valence-electron chi connectivity index (χ1n) is 6.10. The number of aromatic nitrogens is 5. The van der Waals surface area contributed by atoms with E-state index in [4.69, 9.17) is 0 Å². The predicted molar refractivity (Wildman–Crippen MR) is 77.0 cm³/mol. The zero-order valence-electron chi connectivity index (χ0n) is 11.1. The second kappa shape index (κ2) is 5.88. The van der Waals surface area contributed by atoms with Crippen LogP contribution in [0.3, 0.4) is 0 Å². The molecule has 0 aliphatic carbocycles. The molecule has 0 fully saturated rings. The minimum absolute atomic E-state index is 0.294. The lowest BCUT2D eigenvalue weighted by Crippen LogP contribution is -2.06. The molecule has 0 amide bonds. The zero-order chi connectivity index (χ0) is 14.7. The molecule has 0 unspecified atom stereocenters. The molecule has 3 rings (SSSR count). The molecule has 0 saturated heterocycles. The molecule has 3 aromatic rings. The third kappa shape index (κ3) is 3.16. The van der Waals surface area contributed by atoms with Crippen molar-refractivity contribution in [2.45, 2.75) is 10.1 Å². The van der Waals surface area contributed by atoms with Crippen molar-refractivity contribution in [1.29, 1.82) is 0 Å². The van der Waals surface area contributed by atoms with Crippen molar-refractivity contribution in [1.82, 2.24) is 24.5 Å². The van der Waals surface area contributed by atoms with Gasteiger partial charge in [-0.2, -0.15) is 15.0 Å². The fraction of sp³-hybridized carbons (Fsp3) is 0.0769. The number of halogens is 1. The summed E-state index contributed by atoms with van der Waals surface area (Å²) in [5.41, 5.74) is 0. The van der Waals surface area contributed by atoms with E-state index in [1.165, 1.54) is 23.9 Å². The first-order valence-corrected chi connectivity index (χ1v) is 6.92. The van der Waals surface area contributed by atoms with Crippen molar-refractivity contribution >= 4 is 17.7 Å². The molecular weight excluding hydrogens is 291 g/mol. The Balaban J connectivity index is 1.96. The van der Waals surface area contributed by atoms with Gasteiger partial charge in [0.1, 0.15) is 12.1 Å². The van der Waals surface area contributed by atoms with Gasteiger partial charge in [-0.3, -0.25) is 4.57 Å². The van der Waals surface area contributed by atoms with Crippen molar-refractivity contribution < 1.29 is 4.39 Å². The summed E-state index contributed by atoms with van der Waals surface area (Å²) < 4.78 is 14.9. The standard InChI is InChI=1S/C13H11FN6S/c1-15-11-17-12(20-6-5-16-8-20)19-13(18-11)21-10-4-2-3-9(14)7-10/h2-8H,1H3,(H,15,17,18,19). The maximum atomic E-state index is 13.2. The van der Waals surface area contributed by atoms with E-state index < -0.39 is 0 Å². The van der Waals surface area contributed by atoms with E-state index >= 15 is 0 Å². The molecule has 6 nitrogen and oxygen atoms in total. The molecule has 0 spiro atoms. The summed E-state index contributed by atoms with van der Waals surface area (Å²) in [6.07, 6.45) is 4.99. The van der Waals surface area contributed by atoms with Gasteiger partial charge < -0.3 is 5.32 Å². The maximum absolute atomic E-state index is 13.2. The highest BCUT2D eigenvalue weighted by Gasteiger charge is 2.09. The molecule has 0 radical (unpaired) electrons. The summed E-state index contributed by atoms with van der Waals surface area (Å²) in [4.78, 5) is 17.6. The molecular formula is C13H11FN6S. The summed E-state index contributed by atoms with van der Waals surface area (Å²) in [6.45, 7) is 0. The van der Waals surface area contributed by atoms with Gasteiger partial charge in [0.05, 0.1) is 0 Å². The van der Waals surface area contributed by atoms with Crippen LogP contribution in [0.5, 0.6) is 0 Å². The Morgan fingerprint density at radius 2 is 2.14 bits per heavy atom. The maximum Gasteiger partial charge on any atom is 0.240 e. The van der Waals surface area contributed by atoms with Crippen molar-refractivity contribution in [3.05, 3.63) is 48.8 Å². The van der Waals surface area contributed by atoms with Crippen molar-refractivity contribution in [3.8, 4) is 5.95 Å². The Morgan fingerprint density at radius 3 is 2.86 bits per heavy atom. The summed E-state index contributed by atoms with van der Waals surface area (Å²) in [7, 11) is 1.73. The topological polar surface area (TPSA) is 68.5 Å². The van der Waals surface area contributed by atoms with Crippen LogP contribution in [0.15, 0.2) is 53.0 Å². The average Bonchev–Trinajstić information content (AvgIpc) is 3.01. The van der Waals surface area contributed by atoms with Crippen LogP contribution in [0, 0.1) is 5.82 Å². The van der Waals surface area contributed by atoms with Gasteiger partial charge in [0.2, 0.25) is 11.9 Å². The van der Waals surface area contributed by atoms with Crippen LogP contribution in [-0.2, 0) is 0 Å². The van der Waals surface area contributed by atoms with Crippen LogP contribution >= 0.6 is 11.8 Å². The predicted octanol–water partition coefficient (Wildman–Crippen LogP) is 2.39. The summed E-state index contributed by atoms with van der Waals surface area (Å²) in [6, 6.07) is 6.28. The molecule has 106 valence electrons. The van der Waals surface area contributed by atoms with Crippen molar-refractivity contribution in [2.75, 3.05) is 12.4 Å². The van der Waals surface area contributed by atoms with E-state index in [0.717, 1.165) is 4.90 Å². The van der Waals surface area contributed by atoms with E-state index in [0.29, 0.717) is 17.1 Å². The molecule has 21 heavy (non-hydrogen) atoms. The lowest BCUT2D eigenvalue weighted by atomic mass is 10.4. The monoisotopic (exact) mass is 302 g/mol. The Bertz CT molecular complexity index is 746. The molecule has 1 aromatic carbocycles. The van der Waals surface area contributed by atoms with Crippen molar-refractivity contribution in [3.63, 3.8) is 0 Å². The third-order valence-corrected chi connectivity index (χ3v) is 3.42. The number of hydrogen-bond donors (Lipinski definition) is 1. The fourth-order valence-electron chi connectivity index (χ4n) is 1.63. The van der Waals surface area contributed by atoms with Crippen LogP contribution in [0.4, 0.5) is 10.3 Å². The molecule has 1 N–H and O–H groups in total. The Morgan fingerprint density at radius 1 is 1.24 bits per heavy atom. The number of imidazole rings is 1. The van der Waals surface area contributed by atoms with Gasteiger partial charge in [0.15, 0.2) is 5.16 Å². The molecule has 0 aliphatic heterocycles. The number of hydrogen-bond acceptors (Lipinski definition) is 6. The SMILES string of the molecule is CNc1nc(Sc2cccc(F)c2)nc(-n2ccnc2)n1. The van der Waals surface area contributed by atoms with E-state index in [-0.39, 0.29) is 5.82 Å². The van der Waals surface area contributed by atoms with Gasteiger partial charge in [0.25, 0.3) is 0 Å². The first-order chi connectivity index (χ1) is 10.2. The second-order valence-corrected chi connectivity index (χ2v) is 5.06. The third-order valence-electron chi connectivity index (χ3n) is 2.57. The van der Waals surface area contributed by atoms with E-state index in [1.54, 1.807) is 42.5 Å². The van der Waals surface area contributed by atoms with E-state index in [1.807, 2.05) is 0 Å². The summed E-state index contributed by atoms with van der Waals surface area (Å²) in [5.74, 6) is 0.594. The number of benzene rings is 1. The normalized spacial score (nSPS) is 10.6. The minimum Gasteiger partial charge on any atom is -0.357 e. The highest BCUT2D eigenvalue weighted by Crippen LogP contribution is 2.26. The molecule has 0 aliphatic rings. The van der Waals surface area contributed by atoms with Gasteiger partial charge in [-0.15, -0.1) is 0 Å². The zero-order valence-corrected chi connectivity index (χ0v) is 11.9. The first kappa shape index (κ1) is 13.5. The average molecular weight is 302 g/mol. The molecule has 8 heteroatoms. The van der Waals surface area contributed by atoms with Gasteiger partial charge in [0, 0.05) is 24.3 Å². The van der Waals surface area contributed by atoms with E-state index in [9.17, 15) is 4.39 Å². The van der Waals surface area contributed by atoms with Crippen LogP contribution < -0.4 is 5.32 Å². The Labute approximate surface area is 124 Å². The van der Waals surface area contributed by atoms with Gasteiger partial charge in [-0.25, -0.2) is 9.37 Å². The van der Waals surface area contributed by atoms with Crippen LogP contribution in [0.25, 0.3) is 5.95 Å². The quantitative estimate of drug-likeness (QED) is 0.798. The minimum atomic E-state index is -0.294. The summed E-state index contributed by atoms with van der Waals surface area (Å²) >= 11 is 1.27. The number of anilines is 1. The number of nitrogens with one attached hydrogen (secondary N) is 1. The smallest absolute Gasteiger partial charge is 0.240 e. The molecule has 0 saturated carbocycles. The lowest BCUT2D eigenvalue weighted by molar-refractivity contribution is 0.624. The molecule has 2 aromatic heterocycles. The summed E-state index contributed by atoms with van der Waals surface area (Å²) in [5, 5.41) is 3.36. The Hall–Kier alpha value is -2.48. The Kier molecular flexibility index (Phi) is 3.78. The highest BCUT2D eigenvalue weighted by atomic mass is 32.2. The molecule has 0 atom stereocenters. The largest absolute Gasteiger partial charge is 0.357 e. The van der Waals surface area contributed by atoms with Crippen LogP contribution in [0.2, 0.25) is 0 Å². The lowest BCUT2D eigenvalue weighted by Gasteiger charge is -2.06. The van der Waals surface area contributed by atoms with E-state index in [2.05, 4.69) is 25.3 Å². The van der Waals surface area contributed by atoms with Gasteiger partial charge >= 0.3 is 0 Å². The highest BCUT2D eigenvalue weighted by molar-refractivity contribution is 7.99. The van der Waals surface area contributed by atoms with Crippen LogP contribution in [0.1, 0.15) is 0 Å². The van der Waals surface area contributed by atoms with Gasteiger partial charge in [-0.05, 0) is 30.0 Å². The fourth-order valence-corrected chi connectivity index (χ4v) is 2.42. The van der Waals surface area contributed by atoms with Gasteiger partial charge in [-0.1, -0.05) is 6.07 Å². The van der Waals surface area contributed by atoms with Crippen LogP contribution in [-0.4, -0.2) is 31.6 Å². The van der Waals surface area contributed by atoms with Crippen molar-refractivity contribution in [2.24, 2.45) is 0 Å². The second-order valence-electron chi connectivity index (χ2n) is 4.02. The number of nitrogens with zero attached hydrogens (tertiary/aromatic N) is 5. The molecule has 0 bridgehead atoms. The number of rotatable bonds is 4.